The zero-order valence-corrected chi connectivity index (χ0v) is 19.7. The van der Waals surface area contributed by atoms with Gasteiger partial charge in [-0.15, -0.1) is 0 Å². The number of esters is 1. The second-order valence-electron chi connectivity index (χ2n) is 7.80. The first-order valence-corrected chi connectivity index (χ1v) is 10.9. The van der Waals surface area contributed by atoms with Gasteiger partial charge in [-0.1, -0.05) is 49.2 Å². The summed E-state index contributed by atoms with van der Waals surface area (Å²) in [5, 5.41) is 5.04. The molecule has 0 unspecified atom stereocenters. The van der Waals surface area contributed by atoms with Crippen molar-refractivity contribution in [1.82, 2.24) is 9.78 Å². The van der Waals surface area contributed by atoms with Crippen molar-refractivity contribution >= 4 is 29.2 Å². The van der Waals surface area contributed by atoms with Gasteiger partial charge >= 0.3 is 5.97 Å². The standard InChI is InChI=1S/C24H23Cl2FN2O3/c1-13(2)24(31)32-22-14(3)28-29(4)23(30)21(22)20-17(18(26)11-12-19(20)27)10-7-15-5-8-16(25)9-6-15/h5-6,8-9,11-13H,7,10H2,1-4H3. The van der Waals surface area contributed by atoms with Crippen molar-refractivity contribution in [1.29, 1.82) is 0 Å². The molecule has 2 aromatic carbocycles. The van der Waals surface area contributed by atoms with Crippen LogP contribution in [0.5, 0.6) is 5.75 Å². The Balaban J connectivity index is 2.19. The second-order valence-corrected chi connectivity index (χ2v) is 8.65. The largest absolute Gasteiger partial charge is 0.423 e. The maximum Gasteiger partial charge on any atom is 0.313 e. The van der Waals surface area contributed by atoms with Gasteiger partial charge in [-0.3, -0.25) is 9.59 Å². The fraction of sp³-hybridized carbons (Fsp3) is 0.292. The van der Waals surface area contributed by atoms with Crippen molar-refractivity contribution in [3.05, 3.63) is 79.4 Å². The average molecular weight is 477 g/mol. The SMILES string of the molecule is Cc1nn(C)c(=O)c(-c2c(F)ccc(Cl)c2CCc2ccc(Cl)cc2)c1OC(=O)C(C)C. The zero-order valence-electron chi connectivity index (χ0n) is 18.2. The monoisotopic (exact) mass is 476 g/mol. The minimum absolute atomic E-state index is 0.0177. The number of benzene rings is 2. The first kappa shape index (κ1) is 24.0. The molecule has 3 aromatic rings. The molecule has 0 aliphatic carbocycles. The van der Waals surface area contributed by atoms with Gasteiger partial charge < -0.3 is 4.74 Å². The van der Waals surface area contributed by atoms with E-state index in [0.29, 0.717) is 34.1 Å². The van der Waals surface area contributed by atoms with Gasteiger partial charge in [0.05, 0.1) is 11.5 Å². The van der Waals surface area contributed by atoms with Crippen molar-refractivity contribution in [2.45, 2.75) is 33.6 Å². The minimum Gasteiger partial charge on any atom is -0.423 e. The fourth-order valence-electron chi connectivity index (χ4n) is 3.35. The Morgan fingerprint density at radius 3 is 2.38 bits per heavy atom. The number of ether oxygens (including phenoxy) is 1. The highest BCUT2D eigenvalue weighted by atomic mass is 35.5. The van der Waals surface area contributed by atoms with E-state index in [0.717, 1.165) is 10.2 Å². The summed E-state index contributed by atoms with van der Waals surface area (Å²) in [4.78, 5) is 25.4. The molecule has 168 valence electrons. The molecule has 0 bridgehead atoms. The number of hydrogen-bond acceptors (Lipinski definition) is 4. The molecule has 5 nitrogen and oxygen atoms in total. The van der Waals surface area contributed by atoms with Crippen LogP contribution in [0.3, 0.4) is 0 Å². The van der Waals surface area contributed by atoms with E-state index < -0.39 is 23.3 Å². The summed E-state index contributed by atoms with van der Waals surface area (Å²) in [5.41, 5.74) is 1.08. The van der Waals surface area contributed by atoms with Gasteiger partial charge in [0, 0.05) is 22.7 Å². The zero-order chi connectivity index (χ0) is 23.6. The summed E-state index contributed by atoms with van der Waals surface area (Å²) in [6.45, 7) is 4.94. The summed E-state index contributed by atoms with van der Waals surface area (Å²) in [7, 11) is 1.46. The molecule has 0 aliphatic rings. The molecule has 0 spiro atoms. The Kier molecular flexibility index (Phi) is 7.36. The summed E-state index contributed by atoms with van der Waals surface area (Å²) in [6, 6.07) is 9.96. The van der Waals surface area contributed by atoms with Crippen LogP contribution in [0.25, 0.3) is 11.1 Å². The van der Waals surface area contributed by atoms with E-state index in [1.54, 1.807) is 32.9 Å². The molecule has 0 N–H and O–H groups in total. The van der Waals surface area contributed by atoms with Gasteiger partial charge in [0.25, 0.3) is 5.56 Å². The molecule has 1 aromatic heterocycles. The van der Waals surface area contributed by atoms with E-state index in [-0.39, 0.29) is 16.9 Å². The van der Waals surface area contributed by atoms with Crippen LogP contribution in [0.4, 0.5) is 4.39 Å². The predicted molar refractivity (Wildman–Crippen MR) is 124 cm³/mol. The smallest absolute Gasteiger partial charge is 0.313 e. The summed E-state index contributed by atoms with van der Waals surface area (Å²) < 4.78 is 21.8. The quantitative estimate of drug-likeness (QED) is 0.437. The highest BCUT2D eigenvalue weighted by Gasteiger charge is 2.26. The second kappa shape index (κ2) is 9.84. The van der Waals surface area contributed by atoms with Crippen LogP contribution < -0.4 is 10.3 Å². The van der Waals surface area contributed by atoms with E-state index in [9.17, 15) is 9.59 Å². The van der Waals surface area contributed by atoms with Crippen LogP contribution in [0.1, 0.15) is 30.7 Å². The normalized spacial score (nSPS) is 11.1. The lowest BCUT2D eigenvalue weighted by atomic mass is 9.94. The van der Waals surface area contributed by atoms with Gasteiger partial charge in [0.1, 0.15) is 11.5 Å². The molecule has 0 radical (unpaired) electrons. The highest BCUT2D eigenvalue weighted by molar-refractivity contribution is 6.31. The molecule has 32 heavy (non-hydrogen) atoms. The first-order valence-electron chi connectivity index (χ1n) is 10.1. The molecule has 0 saturated heterocycles. The molecule has 3 rings (SSSR count). The van der Waals surface area contributed by atoms with Gasteiger partial charge in [0.2, 0.25) is 0 Å². The van der Waals surface area contributed by atoms with Crippen LogP contribution in [-0.4, -0.2) is 15.7 Å². The van der Waals surface area contributed by atoms with Crippen molar-refractivity contribution in [3.63, 3.8) is 0 Å². The van der Waals surface area contributed by atoms with E-state index in [1.165, 1.54) is 19.2 Å². The number of nitrogens with zero attached hydrogens (tertiary/aromatic N) is 2. The van der Waals surface area contributed by atoms with Crippen LogP contribution in [0.15, 0.2) is 41.2 Å². The average Bonchev–Trinajstić information content (AvgIpc) is 2.74. The Labute approximate surface area is 195 Å². The summed E-state index contributed by atoms with van der Waals surface area (Å²) in [5.74, 6) is -1.68. The van der Waals surface area contributed by atoms with Crippen LogP contribution >= 0.6 is 23.2 Å². The molecular formula is C24H23Cl2FN2O3. The number of carbonyl (C=O) groups excluding carboxylic acids is 1. The van der Waals surface area contributed by atoms with Crippen molar-refractivity contribution in [2.75, 3.05) is 0 Å². The Bertz CT molecular complexity index is 1220. The number of aryl methyl sites for hydroxylation is 3. The lowest BCUT2D eigenvalue weighted by Crippen LogP contribution is -2.26. The number of aromatic nitrogens is 2. The van der Waals surface area contributed by atoms with E-state index in [2.05, 4.69) is 5.10 Å². The minimum atomic E-state index is -0.634. The molecule has 0 fully saturated rings. The first-order chi connectivity index (χ1) is 15.1. The molecule has 0 saturated carbocycles. The predicted octanol–water partition coefficient (Wildman–Crippen LogP) is 5.55. The van der Waals surface area contributed by atoms with E-state index >= 15 is 4.39 Å². The Morgan fingerprint density at radius 1 is 1.09 bits per heavy atom. The number of rotatable bonds is 6. The van der Waals surface area contributed by atoms with Crippen molar-refractivity contribution in [3.8, 4) is 16.9 Å². The number of halogens is 3. The molecule has 0 aliphatic heterocycles. The van der Waals surface area contributed by atoms with Crippen molar-refractivity contribution < 1.29 is 13.9 Å². The molecule has 0 atom stereocenters. The van der Waals surface area contributed by atoms with Crippen LogP contribution in [0, 0.1) is 18.7 Å². The topological polar surface area (TPSA) is 61.2 Å². The third-order valence-electron chi connectivity index (χ3n) is 5.07. The van der Waals surface area contributed by atoms with E-state index in [1.807, 2.05) is 12.1 Å². The maximum absolute atomic E-state index is 15.2. The van der Waals surface area contributed by atoms with Gasteiger partial charge in [-0.25, -0.2) is 9.07 Å². The number of hydrogen-bond donors (Lipinski definition) is 0. The summed E-state index contributed by atoms with van der Waals surface area (Å²) in [6.07, 6.45) is 0.897. The van der Waals surface area contributed by atoms with Gasteiger partial charge in [-0.05, 0) is 55.2 Å². The Morgan fingerprint density at radius 2 is 1.75 bits per heavy atom. The fourth-order valence-corrected chi connectivity index (χ4v) is 3.73. The summed E-state index contributed by atoms with van der Waals surface area (Å²) >= 11 is 12.4. The third kappa shape index (κ3) is 5.03. The number of carbonyl (C=O) groups is 1. The molecular weight excluding hydrogens is 454 g/mol. The Hall–Kier alpha value is -2.70. The van der Waals surface area contributed by atoms with Crippen LogP contribution in [-0.2, 0) is 24.7 Å². The molecule has 8 heteroatoms. The van der Waals surface area contributed by atoms with Gasteiger partial charge in [-0.2, -0.15) is 5.10 Å². The third-order valence-corrected chi connectivity index (χ3v) is 5.68. The van der Waals surface area contributed by atoms with Crippen LogP contribution in [0.2, 0.25) is 10.0 Å². The lowest BCUT2D eigenvalue weighted by Gasteiger charge is -2.18. The highest BCUT2D eigenvalue weighted by Crippen LogP contribution is 2.37. The maximum atomic E-state index is 15.2. The molecule has 0 amide bonds. The van der Waals surface area contributed by atoms with Gasteiger partial charge in [0.15, 0.2) is 5.75 Å². The van der Waals surface area contributed by atoms with E-state index in [4.69, 9.17) is 27.9 Å². The van der Waals surface area contributed by atoms with Crippen molar-refractivity contribution in [2.24, 2.45) is 13.0 Å². The lowest BCUT2D eigenvalue weighted by molar-refractivity contribution is -0.137. The molecule has 1 heterocycles.